The average molecular weight is 247 g/mol. The number of nitrogens with zero attached hydrogens (tertiary/aromatic N) is 1. The van der Waals surface area contributed by atoms with E-state index in [9.17, 15) is 14.7 Å². The standard InChI is InChI=1S/C14H17NO3/c1-10-5-7-11(8-6-10)12(16)9-15-13(17)3-2-4-14(15)18/h5-8,12,16H,2-4,9H2,1H3. The van der Waals surface area contributed by atoms with E-state index < -0.39 is 6.10 Å². The van der Waals surface area contributed by atoms with Crippen molar-refractivity contribution in [1.82, 2.24) is 4.90 Å². The van der Waals surface area contributed by atoms with Gasteiger partial charge in [0.2, 0.25) is 11.8 Å². The van der Waals surface area contributed by atoms with Crippen molar-refractivity contribution < 1.29 is 14.7 Å². The quantitative estimate of drug-likeness (QED) is 0.825. The first-order chi connectivity index (χ1) is 8.58. The van der Waals surface area contributed by atoms with Gasteiger partial charge in [-0.15, -0.1) is 0 Å². The van der Waals surface area contributed by atoms with Crippen LogP contribution in [0.2, 0.25) is 0 Å². The third-order valence-corrected chi connectivity index (χ3v) is 3.20. The molecule has 0 aliphatic carbocycles. The number of aliphatic hydroxyl groups excluding tert-OH is 1. The van der Waals surface area contributed by atoms with Crippen molar-refractivity contribution in [3.05, 3.63) is 35.4 Å². The van der Waals surface area contributed by atoms with Crippen molar-refractivity contribution in [3.63, 3.8) is 0 Å². The van der Waals surface area contributed by atoms with Gasteiger partial charge in [-0.3, -0.25) is 14.5 Å². The fourth-order valence-electron chi connectivity index (χ4n) is 2.07. The van der Waals surface area contributed by atoms with Gasteiger partial charge >= 0.3 is 0 Å². The number of piperidine rings is 1. The molecule has 18 heavy (non-hydrogen) atoms. The van der Waals surface area contributed by atoms with E-state index >= 15 is 0 Å². The van der Waals surface area contributed by atoms with Crippen LogP contribution in [0.3, 0.4) is 0 Å². The third-order valence-electron chi connectivity index (χ3n) is 3.20. The Bertz CT molecular complexity index is 437. The largest absolute Gasteiger partial charge is 0.387 e. The van der Waals surface area contributed by atoms with Gasteiger partial charge in [0.15, 0.2) is 0 Å². The summed E-state index contributed by atoms with van der Waals surface area (Å²) in [7, 11) is 0. The lowest BCUT2D eigenvalue weighted by molar-refractivity contribution is -0.149. The molecule has 0 bridgehead atoms. The maximum atomic E-state index is 11.6. The van der Waals surface area contributed by atoms with Crippen LogP contribution >= 0.6 is 0 Å². The normalized spacial score (nSPS) is 18.0. The van der Waals surface area contributed by atoms with E-state index in [1.807, 2.05) is 31.2 Å². The van der Waals surface area contributed by atoms with Crippen LogP contribution in [-0.2, 0) is 9.59 Å². The minimum Gasteiger partial charge on any atom is -0.387 e. The summed E-state index contributed by atoms with van der Waals surface area (Å²) in [5.41, 5.74) is 1.84. The van der Waals surface area contributed by atoms with Gasteiger partial charge in [0.1, 0.15) is 0 Å². The molecule has 1 atom stereocenters. The van der Waals surface area contributed by atoms with Crippen LogP contribution in [0.15, 0.2) is 24.3 Å². The monoisotopic (exact) mass is 247 g/mol. The molecule has 1 fully saturated rings. The van der Waals surface area contributed by atoms with Crippen LogP contribution < -0.4 is 0 Å². The third kappa shape index (κ3) is 2.76. The Hall–Kier alpha value is -1.68. The van der Waals surface area contributed by atoms with Gasteiger partial charge in [-0.05, 0) is 18.9 Å². The van der Waals surface area contributed by atoms with Crippen LogP contribution in [0, 0.1) is 6.92 Å². The number of aliphatic hydroxyl groups is 1. The second kappa shape index (κ2) is 5.31. The predicted molar refractivity (Wildman–Crippen MR) is 66.7 cm³/mol. The van der Waals surface area contributed by atoms with E-state index in [0.29, 0.717) is 19.3 Å². The van der Waals surface area contributed by atoms with E-state index in [1.165, 1.54) is 4.90 Å². The zero-order chi connectivity index (χ0) is 13.1. The van der Waals surface area contributed by atoms with Crippen molar-refractivity contribution >= 4 is 11.8 Å². The molecule has 0 spiro atoms. The number of amides is 2. The minimum atomic E-state index is -0.809. The van der Waals surface area contributed by atoms with Gasteiger partial charge < -0.3 is 5.11 Å². The Morgan fingerprint density at radius 1 is 1.17 bits per heavy atom. The molecular formula is C14H17NO3. The molecule has 1 heterocycles. The van der Waals surface area contributed by atoms with Gasteiger partial charge in [0, 0.05) is 12.8 Å². The molecule has 1 aromatic carbocycles. The topological polar surface area (TPSA) is 57.6 Å². The molecular weight excluding hydrogens is 230 g/mol. The summed E-state index contributed by atoms with van der Waals surface area (Å²) in [4.78, 5) is 24.4. The number of carbonyl (C=O) groups is 2. The maximum absolute atomic E-state index is 11.6. The molecule has 0 saturated carbocycles. The number of benzene rings is 1. The number of carbonyl (C=O) groups excluding carboxylic acids is 2. The first-order valence-corrected chi connectivity index (χ1v) is 6.16. The summed E-state index contributed by atoms with van der Waals surface area (Å²) < 4.78 is 0. The smallest absolute Gasteiger partial charge is 0.229 e. The molecule has 1 aliphatic heterocycles. The molecule has 0 aromatic heterocycles. The van der Waals surface area contributed by atoms with Crippen molar-refractivity contribution in [1.29, 1.82) is 0 Å². The van der Waals surface area contributed by atoms with Crippen molar-refractivity contribution in [2.24, 2.45) is 0 Å². The molecule has 4 heteroatoms. The molecule has 1 aromatic rings. The number of imide groups is 1. The van der Waals surface area contributed by atoms with Crippen LogP contribution in [0.25, 0.3) is 0 Å². The Morgan fingerprint density at radius 3 is 2.28 bits per heavy atom. The molecule has 2 amide bonds. The summed E-state index contributed by atoms with van der Waals surface area (Å²) in [5, 5.41) is 10.1. The lowest BCUT2D eigenvalue weighted by atomic mass is 10.0. The summed E-state index contributed by atoms with van der Waals surface area (Å²) in [6.07, 6.45) is 0.602. The summed E-state index contributed by atoms with van der Waals surface area (Å²) in [6.45, 7) is 2.02. The molecule has 4 nitrogen and oxygen atoms in total. The molecule has 1 aliphatic rings. The number of rotatable bonds is 3. The summed E-state index contributed by atoms with van der Waals surface area (Å²) >= 11 is 0. The van der Waals surface area contributed by atoms with E-state index in [0.717, 1.165) is 11.1 Å². The number of β-amino-alcohol motifs (C(OH)–C–C–N with tert-alkyl or cyclic N) is 1. The number of likely N-dealkylation sites (tertiary alicyclic amines) is 1. The van der Waals surface area contributed by atoms with Crippen LogP contribution in [0.4, 0.5) is 0 Å². The van der Waals surface area contributed by atoms with Crippen LogP contribution in [0.5, 0.6) is 0 Å². The first-order valence-electron chi connectivity index (χ1n) is 6.16. The molecule has 0 radical (unpaired) electrons. The van der Waals surface area contributed by atoms with Gasteiger partial charge in [0.05, 0.1) is 12.6 Å². The van der Waals surface area contributed by atoms with E-state index in [2.05, 4.69) is 0 Å². The fraction of sp³-hybridized carbons (Fsp3) is 0.429. The van der Waals surface area contributed by atoms with Gasteiger partial charge in [-0.1, -0.05) is 29.8 Å². The van der Waals surface area contributed by atoms with Gasteiger partial charge in [-0.2, -0.15) is 0 Å². The second-order valence-corrected chi connectivity index (χ2v) is 4.68. The molecule has 1 N–H and O–H groups in total. The van der Waals surface area contributed by atoms with Gasteiger partial charge in [-0.25, -0.2) is 0 Å². The average Bonchev–Trinajstić information content (AvgIpc) is 2.34. The van der Waals surface area contributed by atoms with E-state index in [-0.39, 0.29) is 18.4 Å². The number of aryl methyl sites for hydroxylation is 1. The Morgan fingerprint density at radius 2 is 1.72 bits per heavy atom. The van der Waals surface area contributed by atoms with Crippen LogP contribution in [0.1, 0.15) is 36.5 Å². The summed E-state index contributed by atoms with van der Waals surface area (Å²) in [6, 6.07) is 7.44. The highest BCUT2D eigenvalue weighted by Gasteiger charge is 2.27. The Labute approximate surface area is 106 Å². The van der Waals surface area contributed by atoms with E-state index in [4.69, 9.17) is 0 Å². The van der Waals surface area contributed by atoms with Crippen LogP contribution in [-0.4, -0.2) is 28.4 Å². The summed E-state index contributed by atoms with van der Waals surface area (Å²) in [5.74, 6) is -0.366. The SMILES string of the molecule is Cc1ccc(C(O)CN2C(=O)CCCC2=O)cc1. The van der Waals surface area contributed by atoms with Crippen molar-refractivity contribution in [2.75, 3.05) is 6.54 Å². The highest BCUT2D eigenvalue weighted by Crippen LogP contribution is 2.19. The highest BCUT2D eigenvalue weighted by atomic mass is 16.3. The van der Waals surface area contributed by atoms with Crippen molar-refractivity contribution in [3.8, 4) is 0 Å². The van der Waals surface area contributed by atoms with Gasteiger partial charge in [0.25, 0.3) is 0 Å². The fourth-order valence-corrected chi connectivity index (χ4v) is 2.07. The zero-order valence-electron chi connectivity index (χ0n) is 10.4. The molecule has 96 valence electrons. The lowest BCUT2D eigenvalue weighted by Crippen LogP contribution is -2.42. The Kier molecular flexibility index (Phi) is 3.77. The first kappa shape index (κ1) is 12.8. The molecule has 2 rings (SSSR count). The molecule has 1 saturated heterocycles. The maximum Gasteiger partial charge on any atom is 0.229 e. The van der Waals surface area contributed by atoms with E-state index in [1.54, 1.807) is 0 Å². The second-order valence-electron chi connectivity index (χ2n) is 4.68. The minimum absolute atomic E-state index is 0.0563. The van der Waals surface area contributed by atoms with Crippen molar-refractivity contribution in [2.45, 2.75) is 32.3 Å². The lowest BCUT2D eigenvalue weighted by Gasteiger charge is -2.27. The predicted octanol–water partition coefficient (Wildman–Crippen LogP) is 1.57. The molecule has 1 unspecified atom stereocenters. The highest BCUT2D eigenvalue weighted by molar-refractivity contribution is 5.97. The zero-order valence-corrected chi connectivity index (χ0v) is 10.4. The number of hydrogen-bond donors (Lipinski definition) is 1. The Balaban J connectivity index is 2.06. The number of hydrogen-bond acceptors (Lipinski definition) is 3.